The molecule has 2 atom stereocenters. The summed E-state index contributed by atoms with van der Waals surface area (Å²) in [7, 11) is 0. The molecule has 0 bridgehead atoms. The molecule has 0 aliphatic carbocycles. The second-order valence-corrected chi connectivity index (χ2v) is 3.01. The number of carboxylic acids is 1. The summed E-state index contributed by atoms with van der Waals surface area (Å²) in [4.78, 5) is 14.0. The molecule has 0 aromatic carbocycles. The van der Waals surface area contributed by atoms with Crippen LogP contribution in [0.25, 0.3) is 0 Å². The van der Waals surface area contributed by atoms with Crippen LogP contribution < -0.4 is 0 Å². The van der Waals surface area contributed by atoms with Gasteiger partial charge in [0, 0.05) is 6.20 Å². The summed E-state index contributed by atoms with van der Waals surface area (Å²) >= 11 is 5.64. The average molecular weight is 218 g/mol. The van der Waals surface area contributed by atoms with E-state index in [1.807, 2.05) is 0 Å². The van der Waals surface area contributed by atoms with Crippen LogP contribution in [0.2, 0.25) is 5.02 Å². The minimum absolute atomic E-state index is 0.0518. The van der Waals surface area contributed by atoms with E-state index in [1.165, 1.54) is 18.3 Å². The van der Waals surface area contributed by atoms with Gasteiger partial charge in [-0.3, -0.25) is 4.98 Å². The second kappa shape index (κ2) is 4.36. The van der Waals surface area contributed by atoms with E-state index in [1.54, 1.807) is 0 Å². The molecule has 76 valence electrons. The molecule has 1 rings (SSSR count). The number of nitrogens with zero attached hydrogens (tertiary/aromatic N) is 1. The van der Waals surface area contributed by atoms with Crippen molar-refractivity contribution in [2.45, 2.75) is 12.2 Å². The lowest BCUT2D eigenvalue weighted by molar-refractivity contribution is -0.153. The predicted molar refractivity (Wildman–Crippen MR) is 47.8 cm³/mol. The third kappa shape index (κ3) is 2.20. The van der Waals surface area contributed by atoms with Crippen molar-refractivity contribution < 1.29 is 20.1 Å². The van der Waals surface area contributed by atoms with Crippen molar-refractivity contribution in [2.75, 3.05) is 0 Å². The molecular weight excluding hydrogens is 210 g/mol. The molecule has 0 saturated carbocycles. The van der Waals surface area contributed by atoms with E-state index in [0.29, 0.717) is 0 Å². The Morgan fingerprint density at radius 3 is 2.64 bits per heavy atom. The lowest BCUT2D eigenvalue weighted by Gasteiger charge is -2.13. The Balaban J connectivity index is 2.94. The van der Waals surface area contributed by atoms with Crippen LogP contribution in [0.5, 0.6) is 0 Å². The van der Waals surface area contributed by atoms with Gasteiger partial charge >= 0.3 is 5.97 Å². The maximum Gasteiger partial charge on any atom is 0.335 e. The van der Waals surface area contributed by atoms with E-state index >= 15 is 0 Å². The van der Waals surface area contributed by atoms with E-state index < -0.39 is 18.2 Å². The van der Waals surface area contributed by atoms with Crippen molar-refractivity contribution in [3.8, 4) is 0 Å². The van der Waals surface area contributed by atoms with E-state index in [0.717, 1.165) is 0 Å². The first kappa shape index (κ1) is 10.9. The molecule has 3 N–H and O–H groups in total. The quantitative estimate of drug-likeness (QED) is 0.674. The largest absolute Gasteiger partial charge is 0.479 e. The molecule has 1 aromatic heterocycles. The van der Waals surface area contributed by atoms with Gasteiger partial charge in [0.25, 0.3) is 0 Å². The summed E-state index contributed by atoms with van der Waals surface area (Å²) in [5.41, 5.74) is -0.0518. The number of carboxylic acid groups (broad SMARTS) is 1. The molecular formula is C8H8ClNO4. The molecule has 0 aliphatic heterocycles. The molecule has 5 nitrogen and oxygen atoms in total. The summed E-state index contributed by atoms with van der Waals surface area (Å²) < 4.78 is 0. The van der Waals surface area contributed by atoms with Crippen LogP contribution in [0.1, 0.15) is 11.8 Å². The first-order valence-corrected chi connectivity index (χ1v) is 4.11. The van der Waals surface area contributed by atoms with E-state index in [4.69, 9.17) is 21.8 Å². The zero-order chi connectivity index (χ0) is 10.7. The van der Waals surface area contributed by atoms with Crippen molar-refractivity contribution in [3.63, 3.8) is 0 Å². The number of pyridine rings is 1. The van der Waals surface area contributed by atoms with Crippen LogP contribution >= 0.6 is 11.6 Å². The minimum Gasteiger partial charge on any atom is -0.479 e. The number of aliphatic carboxylic acids is 1. The van der Waals surface area contributed by atoms with Gasteiger partial charge < -0.3 is 15.3 Å². The normalized spacial score (nSPS) is 14.8. The van der Waals surface area contributed by atoms with E-state index in [2.05, 4.69) is 4.98 Å². The first-order valence-electron chi connectivity index (χ1n) is 3.73. The van der Waals surface area contributed by atoms with Crippen LogP contribution in [-0.4, -0.2) is 32.4 Å². The first-order chi connectivity index (χ1) is 6.54. The highest BCUT2D eigenvalue weighted by Crippen LogP contribution is 2.22. The van der Waals surface area contributed by atoms with Gasteiger partial charge in [-0.2, -0.15) is 0 Å². The van der Waals surface area contributed by atoms with Gasteiger partial charge in [-0.05, 0) is 12.1 Å². The molecule has 0 aliphatic rings. The molecule has 0 radical (unpaired) electrons. The van der Waals surface area contributed by atoms with Crippen molar-refractivity contribution in [3.05, 3.63) is 29.0 Å². The summed E-state index contributed by atoms with van der Waals surface area (Å²) in [5, 5.41) is 26.9. The second-order valence-electron chi connectivity index (χ2n) is 2.60. The topological polar surface area (TPSA) is 90.7 Å². The van der Waals surface area contributed by atoms with Gasteiger partial charge in [0.1, 0.15) is 6.10 Å². The summed E-state index contributed by atoms with van der Waals surface area (Å²) in [6.45, 7) is 0. The van der Waals surface area contributed by atoms with Crippen molar-refractivity contribution in [1.29, 1.82) is 0 Å². The van der Waals surface area contributed by atoms with Crippen molar-refractivity contribution in [1.82, 2.24) is 4.98 Å². The molecule has 0 spiro atoms. The SMILES string of the molecule is O=C(O)C(O)C(O)c1ncccc1Cl. The minimum atomic E-state index is -1.93. The van der Waals surface area contributed by atoms with Crippen molar-refractivity contribution in [2.24, 2.45) is 0 Å². The monoisotopic (exact) mass is 217 g/mol. The van der Waals surface area contributed by atoms with Gasteiger partial charge in [0.15, 0.2) is 6.10 Å². The molecule has 0 saturated heterocycles. The Bertz CT molecular complexity index is 344. The number of aromatic nitrogens is 1. The van der Waals surface area contributed by atoms with Crippen LogP contribution in [0.3, 0.4) is 0 Å². The van der Waals surface area contributed by atoms with E-state index in [9.17, 15) is 9.90 Å². The van der Waals surface area contributed by atoms with Gasteiger partial charge in [-0.15, -0.1) is 0 Å². The Morgan fingerprint density at radius 2 is 2.14 bits per heavy atom. The Hall–Kier alpha value is -1.17. The summed E-state index contributed by atoms with van der Waals surface area (Å²) in [6.07, 6.45) is -2.21. The summed E-state index contributed by atoms with van der Waals surface area (Å²) in [5.74, 6) is -1.53. The predicted octanol–water partition coefficient (Wildman–Crippen LogP) is 0.214. The molecule has 6 heteroatoms. The highest BCUT2D eigenvalue weighted by molar-refractivity contribution is 6.31. The van der Waals surface area contributed by atoms with Crippen LogP contribution in [-0.2, 0) is 4.79 Å². The Labute approximate surface area is 84.6 Å². The fourth-order valence-corrected chi connectivity index (χ4v) is 1.13. The Kier molecular flexibility index (Phi) is 3.40. The lowest BCUT2D eigenvalue weighted by Crippen LogP contribution is -2.28. The maximum atomic E-state index is 10.3. The van der Waals surface area contributed by atoms with Gasteiger partial charge in [-0.25, -0.2) is 4.79 Å². The number of hydrogen-bond donors (Lipinski definition) is 3. The average Bonchev–Trinajstić information content (AvgIpc) is 2.16. The molecule has 1 heterocycles. The van der Waals surface area contributed by atoms with Crippen LogP contribution in [0, 0.1) is 0 Å². The molecule has 2 unspecified atom stereocenters. The Morgan fingerprint density at radius 1 is 1.50 bits per heavy atom. The van der Waals surface area contributed by atoms with Crippen molar-refractivity contribution >= 4 is 17.6 Å². The zero-order valence-corrected chi connectivity index (χ0v) is 7.72. The third-order valence-corrected chi connectivity index (χ3v) is 1.94. The van der Waals surface area contributed by atoms with Gasteiger partial charge in [-0.1, -0.05) is 11.6 Å². The number of carbonyl (C=O) groups is 1. The lowest BCUT2D eigenvalue weighted by atomic mass is 10.1. The van der Waals surface area contributed by atoms with E-state index in [-0.39, 0.29) is 10.7 Å². The number of aliphatic hydroxyl groups excluding tert-OH is 2. The van der Waals surface area contributed by atoms with Crippen LogP contribution in [0.15, 0.2) is 18.3 Å². The number of halogens is 1. The fraction of sp³-hybridized carbons (Fsp3) is 0.250. The maximum absolute atomic E-state index is 10.3. The van der Waals surface area contributed by atoms with Crippen LogP contribution in [0.4, 0.5) is 0 Å². The number of aliphatic hydroxyl groups is 2. The highest BCUT2D eigenvalue weighted by atomic mass is 35.5. The van der Waals surface area contributed by atoms with Gasteiger partial charge in [0.2, 0.25) is 0 Å². The van der Waals surface area contributed by atoms with Gasteiger partial charge in [0.05, 0.1) is 10.7 Å². The molecule has 0 fully saturated rings. The smallest absolute Gasteiger partial charge is 0.335 e. The molecule has 0 amide bonds. The molecule has 14 heavy (non-hydrogen) atoms. The summed E-state index contributed by atoms with van der Waals surface area (Å²) in [6, 6.07) is 2.98. The standard InChI is InChI=1S/C8H8ClNO4/c9-4-2-1-3-10-5(4)6(11)7(12)8(13)14/h1-3,6-7,11-12H,(H,13,14). The third-order valence-electron chi connectivity index (χ3n) is 1.62. The number of hydrogen-bond acceptors (Lipinski definition) is 4. The number of rotatable bonds is 3. The fourth-order valence-electron chi connectivity index (χ4n) is 0.900. The zero-order valence-electron chi connectivity index (χ0n) is 6.96. The molecule has 1 aromatic rings. The highest BCUT2D eigenvalue weighted by Gasteiger charge is 2.27.